The third kappa shape index (κ3) is 4.73. The van der Waals surface area contributed by atoms with Gasteiger partial charge in [0.1, 0.15) is 6.54 Å². The van der Waals surface area contributed by atoms with Gasteiger partial charge in [0.15, 0.2) is 0 Å². The summed E-state index contributed by atoms with van der Waals surface area (Å²) in [6.45, 7) is -0.156. The third-order valence-electron chi connectivity index (χ3n) is 5.63. The molecule has 6 nitrogen and oxygen atoms in total. The van der Waals surface area contributed by atoms with Crippen LogP contribution in [0.5, 0.6) is 0 Å². The van der Waals surface area contributed by atoms with E-state index in [0.29, 0.717) is 34.3 Å². The molecule has 4 rings (SSSR count). The maximum atomic E-state index is 13.4. The van der Waals surface area contributed by atoms with Crippen molar-refractivity contribution in [1.29, 1.82) is 0 Å². The molecule has 9 heteroatoms. The fourth-order valence-electron chi connectivity index (χ4n) is 4.21. The molecular weight excluding hydrogens is 505 g/mol. The lowest BCUT2D eigenvalue weighted by Crippen LogP contribution is -2.64. The van der Waals surface area contributed by atoms with Crippen molar-refractivity contribution < 1.29 is 14.4 Å². The molecule has 0 radical (unpaired) electrons. The smallest absolute Gasteiger partial charge is 0.324 e. The summed E-state index contributed by atoms with van der Waals surface area (Å²) in [6.07, 6.45) is 2.08. The van der Waals surface area contributed by atoms with Gasteiger partial charge in [0, 0.05) is 26.6 Å². The first-order chi connectivity index (χ1) is 14.8. The fraction of sp³-hybridized carbons (Fsp3) is 0.318. The van der Waals surface area contributed by atoms with Crippen molar-refractivity contribution in [3.63, 3.8) is 0 Å². The number of amides is 4. The van der Waals surface area contributed by atoms with Crippen LogP contribution in [-0.4, -0.2) is 40.2 Å². The van der Waals surface area contributed by atoms with Gasteiger partial charge in [-0.1, -0.05) is 45.2 Å². The van der Waals surface area contributed by atoms with Gasteiger partial charge in [-0.2, -0.15) is 0 Å². The zero-order valence-electron chi connectivity index (χ0n) is 16.4. The van der Waals surface area contributed by atoms with Gasteiger partial charge in [0.25, 0.3) is 0 Å². The summed E-state index contributed by atoms with van der Waals surface area (Å²) in [5.74, 6) is -0.973. The molecule has 4 amide bonds. The van der Waals surface area contributed by atoms with Crippen molar-refractivity contribution >= 4 is 68.4 Å². The Balaban J connectivity index is 1.61. The SMILES string of the molecule is O=C(CN1C(=O)N(c2ccc(Cl)cc2)C(=O)C2CC(Br)CCC21)Nc1cccc(Cl)c1. The number of carbonyl (C=O) groups is 3. The number of nitrogens with zero attached hydrogens (tertiary/aromatic N) is 2. The van der Waals surface area contributed by atoms with E-state index < -0.39 is 6.03 Å². The van der Waals surface area contributed by atoms with Gasteiger partial charge in [-0.05, 0) is 61.7 Å². The number of imide groups is 1. The number of alkyl halides is 1. The first-order valence-corrected chi connectivity index (χ1v) is 11.6. The van der Waals surface area contributed by atoms with Gasteiger partial charge in [0.2, 0.25) is 11.8 Å². The van der Waals surface area contributed by atoms with Crippen LogP contribution in [0.15, 0.2) is 48.5 Å². The zero-order chi connectivity index (χ0) is 22.1. The third-order valence-corrected chi connectivity index (χ3v) is 6.95. The van der Waals surface area contributed by atoms with Crippen LogP contribution in [0, 0.1) is 5.92 Å². The van der Waals surface area contributed by atoms with E-state index in [2.05, 4.69) is 21.2 Å². The second kappa shape index (κ2) is 9.18. The Morgan fingerprint density at radius 1 is 1.06 bits per heavy atom. The Kier molecular flexibility index (Phi) is 6.55. The van der Waals surface area contributed by atoms with Crippen molar-refractivity contribution in [3.05, 3.63) is 58.6 Å². The van der Waals surface area contributed by atoms with Crippen molar-refractivity contribution in [2.24, 2.45) is 5.92 Å². The van der Waals surface area contributed by atoms with Crippen LogP contribution in [0.2, 0.25) is 10.0 Å². The van der Waals surface area contributed by atoms with E-state index >= 15 is 0 Å². The van der Waals surface area contributed by atoms with E-state index in [1.54, 1.807) is 48.5 Å². The Morgan fingerprint density at radius 2 is 1.81 bits per heavy atom. The Hall–Kier alpha value is -2.09. The Labute approximate surface area is 198 Å². The van der Waals surface area contributed by atoms with Gasteiger partial charge in [-0.3, -0.25) is 9.59 Å². The number of benzene rings is 2. The van der Waals surface area contributed by atoms with Gasteiger partial charge < -0.3 is 10.2 Å². The first-order valence-electron chi connectivity index (χ1n) is 9.93. The number of anilines is 2. The number of urea groups is 1. The number of carbonyl (C=O) groups excluding carboxylic acids is 3. The maximum Gasteiger partial charge on any atom is 0.332 e. The van der Waals surface area contributed by atoms with E-state index in [-0.39, 0.29) is 35.1 Å². The molecule has 2 fully saturated rings. The average molecular weight is 525 g/mol. The minimum Gasteiger partial charge on any atom is -0.324 e. The molecule has 3 unspecified atom stereocenters. The molecule has 1 saturated heterocycles. The average Bonchev–Trinajstić information content (AvgIpc) is 2.73. The lowest BCUT2D eigenvalue weighted by Gasteiger charge is -2.47. The number of rotatable bonds is 4. The molecule has 31 heavy (non-hydrogen) atoms. The molecule has 0 aromatic heterocycles. The standard InChI is InChI=1S/C22H20BrCl2N3O3/c23-13-4-9-19-18(10-13)21(30)28(17-7-5-14(24)6-8-17)22(31)27(19)12-20(29)26-16-3-1-2-15(25)11-16/h1-3,5-8,11,13,18-19H,4,9-10,12H2,(H,26,29). The molecule has 1 N–H and O–H groups in total. The fourth-order valence-corrected chi connectivity index (χ4v) is 5.19. The largest absolute Gasteiger partial charge is 0.332 e. The molecule has 162 valence electrons. The van der Waals surface area contributed by atoms with Crippen LogP contribution in [0.4, 0.5) is 16.2 Å². The molecule has 2 aromatic rings. The topological polar surface area (TPSA) is 69.7 Å². The van der Waals surface area contributed by atoms with Crippen molar-refractivity contribution in [2.45, 2.75) is 30.1 Å². The van der Waals surface area contributed by atoms with Crippen LogP contribution in [0.1, 0.15) is 19.3 Å². The number of hydrogen-bond acceptors (Lipinski definition) is 3. The normalized spacial score (nSPS) is 23.5. The summed E-state index contributed by atoms with van der Waals surface area (Å²) in [5.41, 5.74) is 0.989. The highest BCUT2D eigenvalue weighted by Crippen LogP contribution is 2.38. The molecule has 1 heterocycles. The van der Waals surface area contributed by atoms with Gasteiger partial charge >= 0.3 is 6.03 Å². The molecule has 3 atom stereocenters. The molecule has 1 aliphatic heterocycles. The quantitative estimate of drug-likeness (QED) is 0.549. The van der Waals surface area contributed by atoms with Crippen LogP contribution >= 0.6 is 39.1 Å². The summed E-state index contributed by atoms with van der Waals surface area (Å²) in [5, 5.41) is 3.79. The summed E-state index contributed by atoms with van der Waals surface area (Å²) in [7, 11) is 0. The molecule has 0 bridgehead atoms. The monoisotopic (exact) mass is 523 g/mol. The highest BCUT2D eigenvalue weighted by atomic mass is 79.9. The van der Waals surface area contributed by atoms with E-state index in [1.165, 1.54) is 4.90 Å². The number of halogens is 3. The lowest BCUT2D eigenvalue weighted by molar-refractivity contribution is -0.128. The molecule has 1 saturated carbocycles. The molecule has 2 aromatic carbocycles. The summed E-state index contributed by atoms with van der Waals surface area (Å²) in [6, 6.07) is 12.5. The van der Waals surface area contributed by atoms with E-state index in [0.717, 1.165) is 11.3 Å². The maximum absolute atomic E-state index is 13.4. The van der Waals surface area contributed by atoms with Gasteiger partial charge in [-0.15, -0.1) is 0 Å². The minimum atomic E-state index is -0.497. The summed E-state index contributed by atoms with van der Waals surface area (Å²) >= 11 is 15.6. The van der Waals surface area contributed by atoms with Gasteiger partial charge in [0.05, 0.1) is 11.6 Å². The summed E-state index contributed by atoms with van der Waals surface area (Å²) < 4.78 is 0. The van der Waals surface area contributed by atoms with Crippen LogP contribution in [0.25, 0.3) is 0 Å². The van der Waals surface area contributed by atoms with Crippen LogP contribution < -0.4 is 10.2 Å². The Bertz CT molecular complexity index is 1020. The number of hydrogen-bond donors (Lipinski definition) is 1. The first kappa shape index (κ1) is 22.1. The Morgan fingerprint density at radius 3 is 2.52 bits per heavy atom. The van der Waals surface area contributed by atoms with Crippen LogP contribution in [0.3, 0.4) is 0 Å². The molecule has 0 spiro atoms. The minimum absolute atomic E-state index is 0.156. The van der Waals surface area contributed by atoms with E-state index in [9.17, 15) is 14.4 Å². The molecule has 2 aliphatic rings. The second-order valence-electron chi connectivity index (χ2n) is 7.70. The summed E-state index contributed by atoms with van der Waals surface area (Å²) in [4.78, 5) is 42.3. The van der Waals surface area contributed by atoms with Crippen molar-refractivity contribution in [1.82, 2.24) is 4.90 Å². The number of fused-ring (bicyclic) bond motifs is 1. The van der Waals surface area contributed by atoms with E-state index in [1.807, 2.05) is 0 Å². The second-order valence-corrected chi connectivity index (χ2v) is 9.87. The zero-order valence-corrected chi connectivity index (χ0v) is 19.5. The van der Waals surface area contributed by atoms with Crippen LogP contribution in [-0.2, 0) is 9.59 Å². The lowest BCUT2D eigenvalue weighted by atomic mass is 9.81. The predicted molar refractivity (Wildman–Crippen MR) is 125 cm³/mol. The number of nitrogens with one attached hydrogen (secondary N) is 1. The van der Waals surface area contributed by atoms with Crippen molar-refractivity contribution in [3.8, 4) is 0 Å². The highest BCUT2D eigenvalue weighted by Gasteiger charge is 2.49. The highest BCUT2D eigenvalue weighted by molar-refractivity contribution is 9.09. The van der Waals surface area contributed by atoms with Crippen molar-refractivity contribution in [2.75, 3.05) is 16.8 Å². The molecular formula is C22H20BrCl2N3O3. The molecule has 1 aliphatic carbocycles. The predicted octanol–water partition coefficient (Wildman–Crippen LogP) is 5.33. The van der Waals surface area contributed by atoms with E-state index in [4.69, 9.17) is 23.2 Å². The van der Waals surface area contributed by atoms with Gasteiger partial charge in [-0.25, -0.2) is 9.69 Å².